The molecule has 0 saturated carbocycles. The maximum Gasteiger partial charge on any atom is 0.0784 e. The molecule has 1 aromatic rings. The van der Waals surface area contributed by atoms with E-state index in [2.05, 4.69) is 42.6 Å². The number of hydrogen-bond acceptors (Lipinski definition) is 3. The lowest BCUT2D eigenvalue weighted by Crippen LogP contribution is -2.33. The SMILES string of the molecule is C/C=C(C)\C(=C/CNC(C)c1ccccc1)C(N)N. The van der Waals surface area contributed by atoms with Gasteiger partial charge in [0.15, 0.2) is 0 Å². The molecule has 0 spiro atoms. The Morgan fingerprint density at radius 1 is 1.26 bits per heavy atom. The molecule has 0 aromatic heterocycles. The molecule has 0 aliphatic carbocycles. The Hall–Kier alpha value is -1.42. The van der Waals surface area contributed by atoms with E-state index in [4.69, 9.17) is 11.5 Å². The summed E-state index contributed by atoms with van der Waals surface area (Å²) < 4.78 is 0. The molecule has 0 amide bonds. The summed E-state index contributed by atoms with van der Waals surface area (Å²) in [7, 11) is 0. The van der Waals surface area contributed by atoms with Gasteiger partial charge in [-0.05, 0) is 37.5 Å². The van der Waals surface area contributed by atoms with Crippen molar-refractivity contribution >= 4 is 0 Å². The van der Waals surface area contributed by atoms with Crippen LogP contribution in [-0.2, 0) is 0 Å². The van der Waals surface area contributed by atoms with Crippen molar-refractivity contribution in [1.29, 1.82) is 0 Å². The third-order valence-corrected chi connectivity index (χ3v) is 3.29. The highest BCUT2D eigenvalue weighted by Crippen LogP contribution is 2.12. The minimum absolute atomic E-state index is 0.304. The maximum absolute atomic E-state index is 5.78. The van der Waals surface area contributed by atoms with Crippen molar-refractivity contribution in [2.75, 3.05) is 6.54 Å². The predicted octanol–water partition coefficient (Wildman–Crippen LogP) is 2.47. The Balaban J connectivity index is 2.61. The van der Waals surface area contributed by atoms with Crippen LogP contribution in [0.3, 0.4) is 0 Å². The van der Waals surface area contributed by atoms with Crippen molar-refractivity contribution in [3.05, 3.63) is 59.2 Å². The van der Waals surface area contributed by atoms with Crippen LogP contribution in [0.15, 0.2) is 53.6 Å². The van der Waals surface area contributed by atoms with Gasteiger partial charge in [0.1, 0.15) is 0 Å². The van der Waals surface area contributed by atoms with Crippen molar-refractivity contribution in [2.24, 2.45) is 11.5 Å². The van der Waals surface area contributed by atoms with Crippen LogP contribution in [0.25, 0.3) is 0 Å². The number of rotatable bonds is 6. The van der Waals surface area contributed by atoms with Crippen LogP contribution in [0.2, 0.25) is 0 Å². The fourth-order valence-electron chi connectivity index (χ4n) is 1.93. The molecule has 0 radical (unpaired) electrons. The van der Waals surface area contributed by atoms with Gasteiger partial charge in [0.05, 0.1) is 6.17 Å². The second-order valence-corrected chi connectivity index (χ2v) is 4.70. The third-order valence-electron chi connectivity index (χ3n) is 3.29. The van der Waals surface area contributed by atoms with Crippen LogP contribution in [0.4, 0.5) is 0 Å². The molecule has 1 atom stereocenters. The van der Waals surface area contributed by atoms with Crippen LogP contribution in [0.1, 0.15) is 32.4 Å². The Kier molecular flexibility index (Phi) is 6.50. The third kappa shape index (κ3) is 4.99. The highest BCUT2D eigenvalue weighted by atomic mass is 14.9. The van der Waals surface area contributed by atoms with Gasteiger partial charge in [-0.15, -0.1) is 0 Å². The minimum atomic E-state index is -0.426. The van der Waals surface area contributed by atoms with Gasteiger partial charge in [-0.2, -0.15) is 0 Å². The first-order valence-corrected chi connectivity index (χ1v) is 6.69. The summed E-state index contributed by atoms with van der Waals surface area (Å²) >= 11 is 0. The Morgan fingerprint density at radius 2 is 1.89 bits per heavy atom. The zero-order valence-corrected chi connectivity index (χ0v) is 12.1. The monoisotopic (exact) mass is 259 g/mol. The van der Waals surface area contributed by atoms with E-state index < -0.39 is 6.17 Å². The van der Waals surface area contributed by atoms with Crippen molar-refractivity contribution in [2.45, 2.75) is 33.0 Å². The minimum Gasteiger partial charge on any atom is -0.312 e. The Morgan fingerprint density at radius 3 is 2.42 bits per heavy atom. The highest BCUT2D eigenvalue weighted by molar-refractivity contribution is 5.32. The summed E-state index contributed by atoms with van der Waals surface area (Å²) in [6.07, 6.45) is 3.67. The van der Waals surface area contributed by atoms with E-state index in [1.807, 2.05) is 26.0 Å². The van der Waals surface area contributed by atoms with Crippen LogP contribution in [0, 0.1) is 0 Å². The lowest BCUT2D eigenvalue weighted by Gasteiger charge is -2.15. The van der Waals surface area contributed by atoms with Gasteiger partial charge >= 0.3 is 0 Å². The summed E-state index contributed by atoms with van der Waals surface area (Å²) in [5.41, 5.74) is 15.0. The van der Waals surface area contributed by atoms with E-state index in [0.717, 1.165) is 17.7 Å². The van der Waals surface area contributed by atoms with Crippen molar-refractivity contribution < 1.29 is 0 Å². The van der Waals surface area contributed by atoms with Gasteiger partial charge in [-0.25, -0.2) is 0 Å². The molecule has 0 aliphatic rings. The quantitative estimate of drug-likeness (QED) is 0.543. The molecular formula is C16H25N3. The molecule has 3 nitrogen and oxygen atoms in total. The number of nitrogens with two attached hydrogens (primary N) is 2. The summed E-state index contributed by atoms with van der Waals surface area (Å²) in [5, 5.41) is 3.45. The van der Waals surface area contributed by atoms with E-state index in [0.29, 0.717) is 6.04 Å². The van der Waals surface area contributed by atoms with Gasteiger partial charge in [0, 0.05) is 12.6 Å². The maximum atomic E-state index is 5.78. The van der Waals surface area contributed by atoms with E-state index in [1.165, 1.54) is 5.56 Å². The van der Waals surface area contributed by atoms with Crippen molar-refractivity contribution in [3.8, 4) is 0 Å². The number of allylic oxidation sites excluding steroid dienone is 1. The second kappa shape index (κ2) is 7.89. The van der Waals surface area contributed by atoms with Crippen LogP contribution in [0.5, 0.6) is 0 Å². The Labute approximate surface area is 116 Å². The molecule has 0 heterocycles. The van der Waals surface area contributed by atoms with E-state index >= 15 is 0 Å². The molecule has 0 aliphatic heterocycles. The molecule has 0 fully saturated rings. The molecule has 0 bridgehead atoms. The largest absolute Gasteiger partial charge is 0.312 e. The first kappa shape index (κ1) is 15.6. The van der Waals surface area contributed by atoms with Crippen LogP contribution < -0.4 is 16.8 Å². The van der Waals surface area contributed by atoms with Gasteiger partial charge in [0.25, 0.3) is 0 Å². The predicted molar refractivity (Wildman–Crippen MR) is 82.5 cm³/mol. The molecule has 1 aromatic carbocycles. The lowest BCUT2D eigenvalue weighted by molar-refractivity contribution is 0.614. The van der Waals surface area contributed by atoms with Gasteiger partial charge in [-0.3, -0.25) is 0 Å². The molecule has 104 valence electrons. The summed E-state index contributed by atoms with van der Waals surface area (Å²) in [4.78, 5) is 0. The number of benzene rings is 1. The van der Waals surface area contributed by atoms with E-state index in [1.54, 1.807) is 0 Å². The van der Waals surface area contributed by atoms with E-state index in [-0.39, 0.29) is 0 Å². The summed E-state index contributed by atoms with van der Waals surface area (Å²) in [6, 6.07) is 10.7. The normalized spacial score (nSPS) is 14.8. The van der Waals surface area contributed by atoms with Gasteiger partial charge in [-0.1, -0.05) is 42.5 Å². The summed E-state index contributed by atoms with van der Waals surface area (Å²) in [6.45, 7) is 6.92. The zero-order valence-electron chi connectivity index (χ0n) is 12.1. The first-order valence-electron chi connectivity index (χ1n) is 6.69. The topological polar surface area (TPSA) is 64.1 Å². The standard InChI is InChI=1S/C16H25N3/c1-4-12(2)15(16(17)18)10-11-19-13(3)14-8-6-5-7-9-14/h4-10,13,16,19H,11,17-18H2,1-3H3/b12-4-,15-10+. The fourth-order valence-corrected chi connectivity index (χ4v) is 1.93. The fraction of sp³-hybridized carbons (Fsp3) is 0.375. The van der Waals surface area contributed by atoms with E-state index in [9.17, 15) is 0 Å². The molecular weight excluding hydrogens is 234 g/mol. The average molecular weight is 259 g/mol. The molecule has 1 rings (SSSR count). The smallest absolute Gasteiger partial charge is 0.0784 e. The number of nitrogens with one attached hydrogen (secondary N) is 1. The molecule has 5 N–H and O–H groups in total. The van der Waals surface area contributed by atoms with Crippen LogP contribution in [-0.4, -0.2) is 12.7 Å². The lowest BCUT2D eigenvalue weighted by atomic mass is 10.0. The number of hydrogen-bond donors (Lipinski definition) is 3. The first-order chi connectivity index (χ1) is 9.06. The molecule has 19 heavy (non-hydrogen) atoms. The van der Waals surface area contributed by atoms with Gasteiger partial charge in [0.2, 0.25) is 0 Å². The summed E-state index contributed by atoms with van der Waals surface area (Å²) in [5.74, 6) is 0. The Bertz CT molecular complexity index is 433. The average Bonchev–Trinajstić information content (AvgIpc) is 2.43. The molecule has 3 heteroatoms. The molecule has 1 unspecified atom stereocenters. The van der Waals surface area contributed by atoms with Crippen molar-refractivity contribution in [3.63, 3.8) is 0 Å². The zero-order chi connectivity index (χ0) is 14.3. The highest BCUT2D eigenvalue weighted by Gasteiger charge is 2.06. The second-order valence-electron chi connectivity index (χ2n) is 4.70. The van der Waals surface area contributed by atoms with Crippen LogP contribution >= 0.6 is 0 Å². The van der Waals surface area contributed by atoms with Crippen molar-refractivity contribution in [1.82, 2.24) is 5.32 Å². The van der Waals surface area contributed by atoms with Gasteiger partial charge < -0.3 is 16.8 Å². The molecule has 0 saturated heterocycles.